The van der Waals surface area contributed by atoms with Gasteiger partial charge in [0.05, 0.1) is 30.1 Å². The topological polar surface area (TPSA) is 175 Å². The van der Waals surface area contributed by atoms with Crippen LogP contribution in [0.4, 0.5) is 11.6 Å². The number of fused-ring (bicyclic) bond motifs is 1. The zero-order valence-electron chi connectivity index (χ0n) is 18.6. The highest BCUT2D eigenvalue weighted by Gasteiger charge is 2.17. The van der Waals surface area contributed by atoms with Crippen molar-refractivity contribution < 1.29 is 13.5 Å². The lowest BCUT2D eigenvalue weighted by Crippen LogP contribution is -2.28. The average Bonchev–Trinajstić information content (AvgIpc) is 3.21. The average molecular weight is 485 g/mol. The Bertz CT molecular complexity index is 1360. The van der Waals surface area contributed by atoms with E-state index in [1.54, 1.807) is 0 Å². The first kappa shape index (κ1) is 23.4. The summed E-state index contributed by atoms with van der Waals surface area (Å²) < 4.78 is 27.3. The molecule has 0 bridgehead atoms. The van der Waals surface area contributed by atoms with Crippen LogP contribution in [0.3, 0.4) is 0 Å². The minimum absolute atomic E-state index is 0.0182. The standard InChI is InChI=1S/C20H24N10O3S/c1-13-17-19(22-6-7-30(2)8-9-31)25-18(26-20(17)28-27-13)15-11-24-16(12-23-15)29-34(32,33)14-4-3-5-21-10-14/h3-5,10-12,31H,6-9H2,1-2H3,(H,24,29)(H2,22,25,26,27,28). The van der Waals surface area contributed by atoms with Gasteiger partial charge in [-0.1, -0.05) is 0 Å². The van der Waals surface area contributed by atoms with E-state index in [4.69, 9.17) is 5.11 Å². The third kappa shape index (κ3) is 5.24. The molecule has 13 nitrogen and oxygen atoms in total. The van der Waals surface area contributed by atoms with Crippen LogP contribution in [0.15, 0.2) is 41.8 Å². The summed E-state index contributed by atoms with van der Waals surface area (Å²) in [4.78, 5) is 23.4. The number of aromatic amines is 1. The lowest BCUT2D eigenvalue weighted by molar-refractivity contribution is 0.225. The number of hydrogen-bond donors (Lipinski definition) is 4. The highest BCUT2D eigenvalue weighted by atomic mass is 32.2. The van der Waals surface area contributed by atoms with Crippen molar-refractivity contribution in [2.24, 2.45) is 0 Å². The number of pyridine rings is 1. The summed E-state index contributed by atoms with van der Waals surface area (Å²) in [6, 6.07) is 2.97. The van der Waals surface area contributed by atoms with Gasteiger partial charge in [-0.05, 0) is 26.1 Å². The van der Waals surface area contributed by atoms with Crippen molar-refractivity contribution in [1.29, 1.82) is 0 Å². The molecule has 0 aromatic carbocycles. The van der Waals surface area contributed by atoms with Crippen LogP contribution in [-0.4, -0.2) is 86.8 Å². The van der Waals surface area contributed by atoms with Gasteiger partial charge in [-0.25, -0.2) is 28.4 Å². The van der Waals surface area contributed by atoms with Crippen LogP contribution in [0.2, 0.25) is 0 Å². The fourth-order valence-electron chi connectivity index (χ4n) is 3.17. The summed E-state index contributed by atoms with van der Waals surface area (Å²) in [7, 11) is -1.92. The van der Waals surface area contributed by atoms with Crippen molar-refractivity contribution >= 4 is 32.7 Å². The number of rotatable bonds is 10. The van der Waals surface area contributed by atoms with E-state index >= 15 is 0 Å². The Labute approximate surface area is 195 Å². The number of likely N-dealkylation sites (N-methyl/N-ethyl adjacent to an activating group) is 1. The van der Waals surface area contributed by atoms with Crippen LogP contribution < -0.4 is 10.0 Å². The zero-order valence-corrected chi connectivity index (χ0v) is 19.4. The lowest BCUT2D eigenvalue weighted by Gasteiger charge is -2.16. The first-order chi connectivity index (χ1) is 16.4. The van der Waals surface area contributed by atoms with Gasteiger partial charge in [-0.2, -0.15) is 5.10 Å². The van der Waals surface area contributed by atoms with E-state index in [-0.39, 0.29) is 17.3 Å². The number of nitrogens with zero attached hydrogens (tertiary/aromatic N) is 7. The maximum absolute atomic E-state index is 12.5. The van der Waals surface area contributed by atoms with E-state index in [1.807, 2.05) is 18.9 Å². The van der Waals surface area contributed by atoms with Crippen molar-refractivity contribution in [1.82, 2.24) is 40.0 Å². The van der Waals surface area contributed by atoms with Gasteiger partial charge in [-0.3, -0.25) is 14.8 Å². The van der Waals surface area contributed by atoms with Crippen LogP contribution in [0.25, 0.3) is 22.6 Å². The molecular weight excluding hydrogens is 460 g/mol. The number of aromatic nitrogens is 7. The van der Waals surface area contributed by atoms with Crippen molar-refractivity contribution in [3.8, 4) is 11.5 Å². The van der Waals surface area contributed by atoms with Gasteiger partial charge >= 0.3 is 0 Å². The van der Waals surface area contributed by atoms with Crippen molar-refractivity contribution in [3.63, 3.8) is 0 Å². The molecule has 0 saturated heterocycles. The normalized spacial score (nSPS) is 11.8. The molecular formula is C20H24N10O3S. The predicted octanol–water partition coefficient (Wildman–Crippen LogP) is 0.650. The fourth-order valence-corrected chi connectivity index (χ4v) is 4.12. The molecule has 0 amide bonds. The summed E-state index contributed by atoms with van der Waals surface area (Å²) in [5.41, 5.74) is 1.65. The molecule has 0 fully saturated rings. The molecule has 4 aromatic rings. The zero-order chi connectivity index (χ0) is 24.1. The fraction of sp³-hybridized carbons (Fsp3) is 0.300. The second-order valence-electron chi connectivity index (χ2n) is 7.46. The second kappa shape index (κ2) is 10.0. The Morgan fingerprint density at radius 3 is 2.71 bits per heavy atom. The van der Waals surface area contributed by atoms with Crippen LogP contribution in [0, 0.1) is 6.92 Å². The van der Waals surface area contributed by atoms with E-state index in [2.05, 4.69) is 45.2 Å². The number of anilines is 2. The summed E-state index contributed by atoms with van der Waals surface area (Å²) in [5, 5.41) is 20.2. The molecule has 178 valence electrons. The third-order valence-corrected chi connectivity index (χ3v) is 6.27. The van der Waals surface area contributed by atoms with Gasteiger partial charge in [0.1, 0.15) is 16.4 Å². The van der Waals surface area contributed by atoms with Crippen LogP contribution in [0.1, 0.15) is 5.69 Å². The summed E-state index contributed by atoms with van der Waals surface area (Å²) in [6.07, 6.45) is 5.42. The minimum Gasteiger partial charge on any atom is -0.395 e. The monoisotopic (exact) mass is 484 g/mol. The summed E-state index contributed by atoms with van der Waals surface area (Å²) >= 11 is 0. The highest BCUT2D eigenvalue weighted by Crippen LogP contribution is 2.25. The number of sulfonamides is 1. The maximum atomic E-state index is 12.5. The Morgan fingerprint density at radius 2 is 2.00 bits per heavy atom. The predicted molar refractivity (Wildman–Crippen MR) is 126 cm³/mol. The first-order valence-electron chi connectivity index (χ1n) is 10.4. The van der Waals surface area contributed by atoms with Crippen LogP contribution in [0.5, 0.6) is 0 Å². The smallest absolute Gasteiger partial charge is 0.264 e. The Hall–Kier alpha value is -3.75. The van der Waals surface area contributed by atoms with E-state index in [1.165, 1.54) is 36.9 Å². The third-order valence-electron chi connectivity index (χ3n) is 4.93. The molecule has 0 saturated carbocycles. The molecule has 14 heteroatoms. The molecule has 0 radical (unpaired) electrons. The van der Waals surface area contributed by atoms with Gasteiger partial charge in [0.2, 0.25) is 0 Å². The minimum atomic E-state index is -3.83. The molecule has 0 aliphatic carbocycles. The quantitative estimate of drug-likeness (QED) is 0.249. The Balaban J connectivity index is 1.56. The van der Waals surface area contributed by atoms with Gasteiger partial charge in [0, 0.05) is 32.0 Å². The second-order valence-corrected chi connectivity index (χ2v) is 9.15. The largest absolute Gasteiger partial charge is 0.395 e. The van der Waals surface area contributed by atoms with E-state index < -0.39 is 10.0 Å². The number of aliphatic hydroxyl groups excluding tert-OH is 1. The molecule has 4 rings (SSSR count). The van der Waals surface area contributed by atoms with Gasteiger partial charge < -0.3 is 15.3 Å². The van der Waals surface area contributed by atoms with E-state index in [0.717, 1.165) is 11.1 Å². The van der Waals surface area contributed by atoms with Gasteiger partial charge in [0.15, 0.2) is 17.3 Å². The van der Waals surface area contributed by atoms with Gasteiger partial charge in [-0.15, -0.1) is 0 Å². The van der Waals surface area contributed by atoms with E-state index in [0.29, 0.717) is 42.6 Å². The van der Waals surface area contributed by atoms with Crippen LogP contribution in [-0.2, 0) is 10.0 Å². The summed E-state index contributed by atoms with van der Waals surface area (Å²) in [5.74, 6) is 0.944. The number of aliphatic hydroxyl groups is 1. The van der Waals surface area contributed by atoms with Crippen molar-refractivity contribution in [2.45, 2.75) is 11.8 Å². The number of nitrogens with one attached hydrogen (secondary N) is 3. The SMILES string of the molecule is Cc1n[nH]c2nc(-c3cnc(NS(=O)(=O)c4cccnc4)cn3)nc(NCCN(C)CCO)c12. The van der Waals surface area contributed by atoms with Crippen molar-refractivity contribution in [3.05, 3.63) is 42.6 Å². The van der Waals surface area contributed by atoms with E-state index in [9.17, 15) is 8.42 Å². The summed E-state index contributed by atoms with van der Waals surface area (Å²) in [6.45, 7) is 3.81. The molecule has 0 unspecified atom stereocenters. The molecule has 4 heterocycles. The highest BCUT2D eigenvalue weighted by molar-refractivity contribution is 7.92. The van der Waals surface area contributed by atoms with Crippen LogP contribution >= 0.6 is 0 Å². The molecule has 4 N–H and O–H groups in total. The molecule has 4 aromatic heterocycles. The maximum Gasteiger partial charge on any atom is 0.264 e. The van der Waals surface area contributed by atoms with Gasteiger partial charge in [0.25, 0.3) is 10.0 Å². The molecule has 0 aliphatic heterocycles. The number of hydrogen-bond acceptors (Lipinski definition) is 11. The molecule has 0 atom stereocenters. The number of aryl methyl sites for hydroxylation is 1. The molecule has 0 aliphatic rings. The Morgan fingerprint density at radius 1 is 1.15 bits per heavy atom. The Kier molecular flexibility index (Phi) is 6.90. The molecule has 0 spiro atoms. The number of H-pyrrole nitrogens is 1. The lowest BCUT2D eigenvalue weighted by atomic mass is 10.3. The molecule has 34 heavy (non-hydrogen) atoms. The first-order valence-corrected chi connectivity index (χ1v) is 11.9. The van der Waals surface area contributed by atoms with Crippen molar-refractivity contribution in [2.75, 3.05) is 43.3 Å².